The molecule has 0 radical (unpaired) electrons. The van der Waals surface area contributed by atoms with E-state index >= 15 is 0 Å². The molecule has 0 N–H and O–H groups in total. The summed E-state index contributed by atoms with van der Waals surface area (Å²) in [6.45, 7) is 12.9. The Morgan fingerprint density at radius 1 is 1.20 bits per heavy atom. The first kappa shape index (κ1) is 14.6. The summed E-state index contributed by atoms with van der Waals surface area (Å²) in [6, 6.07) is 0. The number of carbonyl (C=O) groups is 1. The third kappa shape index (κ3) is 5.88. The summed E-state index contributed by atoms with van der Waals surface area (Å²) in [5.74, 6) is -0.454. The predicted octanol–water partition coefficient (Wildman–Crippen LogP) is 2.17. The van der Waals surface area contributed by atoms with Gasteiger partial charge in [0.15, 0.2) is 8.32 Å². The maximum Gasteiger partial charge on any atom is 0.554 e. The van der Waals surface area contributed by atoms with E-state index in [4.69, 9.17) is 13.0 Å². The van der Waals surface area contributed by atoms with Crippen molar-refractivity contribution in [2.45, 2.75) is 33.1 Å². The van der Waals surface area contributed by atoms with Gasteiger partial charge in [0.05, 0.1) is 0 Å². The van der Waals surface area contributed by atoms with Crippen molar-refractivity contribution in [1.29, 1.82) is 0 Å². The lowest BCUT2D eigenvalue weighted by molar-refractivity contribution is -0.133. The summed E-state index contributed by atoms with van der Waals surface area (Å²) < 4.78 is 16.2. The lowest BCUT2D eigenvalue weighted by Gasteiger charge is -2.30. The molecule has 0 saturated carbocycles. The Balaban J connectivity index is 4.58. The average molecular weight is 248 g/mol. The molecule has 0 bridgehead atoms. The molecule has 15 heavy (non-hydrogen) atoms. The molecule has 0 fully saturated rings. The van der Waals surface area contributed by atoms with Crippen LogP contribution in [0.5, 0.6) is 0 Å². The van der Waals surface area contributed by atoms with E-state index in [9.17, 15) is 4.79 Å². The van der Waals surface area contributed by atoms with Gasteiger partial charge in [-0.2, -0.15) is 0 Å². The van der Waals surface area contributed by atoms with Crippen molar-refractivity contribution in [3.05, 3.63) is 12.2 Å². The molecule has 88 valence electrons. The minimum Gasteiger partial charge on any atom is -0.470 e. The molecule has 1 atom stereocenters. The van der Waals surface area contributed by atoms with Crippen LogP contribution in [0.1, 0.15) is 6.92 Å². The van der Waals surface area contributed by atoms with Crippen molar-refractivity contribution in [2.24, 2.45) is 0 Å². The summed E-state index contributed by atoms with van der Waals surface area (Å²) in [5, 5.41) is 0. The van der Waals surface area contributed by atoms with Gasteiger partial charge in [-0.1, -0.05) is 6.58 Å². The molecule has 0 heterocycles. The third-order valence-electron chi connectivity index (χ3n) is 1.49. The van der Waals surface area contributed by atoms with Gasteiger partial charge in [-0.3, -0.25) is 0 Å². The second kappa shape index (κ2) is 5.06. The zero-order valence-electron chi connectivity index (χ0n) is 10.3. The molecule has 0 aromatic rings. The predicted molar refractivity (Wildman–Crippen MR) is 64.0 cm³/mol. The van der Waals surface area contributed by atoms with Gasteiger partial charge in [-0.15, -0.1) is 0 Å². The van der Waals surface area contributed by atoms with Gasteiger partial charge in [-0.05, 0) is 26.6 Å². The molecule has 0 saturated heterocycles. The van der Waals surface area contributed by atoms with E-state index < -0.39 is 23.1 Å². The number of rotatable bonds is 5. The lowest BCUT2D eigenvalue weighted by Crippen LogP contribution is -2.50. The molecule has 0 aromatic heterocycles. The van der Waals surface area contributed by atoms with E-state index in [-0.39, 0.29) is 0 Å². The normalized spacial score (nSPS) is 15.6. The van der Waals surface area contributed by atoms with Crippen LogP contribution >= 0.6 is 0 Å². The van der Waals surface area contributed by atoms with Gasteiger partial charge in [-0.25, -0.2) is 4.79 Å². The second-order valence-corrected chi connectivity index (χ2v) is 11.8. The monoisotopic (exact) mass is 248 g/mol. The first-order valence-corrected chi connectivity index (χ1v) is 10.4. The van der Waals surface area contributed by atoms with Crippen LogP contribution in [0.15, 0.2) is 12.2 Å². The van der Waals surface area contributed by atoms with Gasteiger partial charge in [0.1, 0.15) is 0 Å². The zero-order valence-corrected chi connectivity index (χ0v) is 12.3. The summed E-state index contributed by atoms with van der Waals surface area (Å²) in [4.78, 5) is 11.4. The minimum atomic E-state index is -2.83. The average Bonchev–Trinajstić information content (AvgIpc) is 2.00. The maximum atomic E-state index is 11.4. The van der Waals surface area contributed by atoms with Crippen LogP contribution in [0.3, 0.4) is 0 Å². The molecular formula is C9H20O4Si2. The van der Waals surface area contributed by atoms with Crippen molar-refractivity contribution in [3.63, 3.8) is 0 Å². The smallest absolute Gasteiger partial charge is 0.470 e. The molecule has 4 nitrogen and oxygen atoms in total. The van der Waals surface area contributed by atoms with Crippen molar-refractivity contribution in [2.75, 3.05) is 7.11 Å². The molecule has 0 aliphatic heterocycles. The fourth-order valence-corrected chi connectivity index (χ4v) is 6.46. The van der Waals surface area contributed by atoms with Crippen LogP contribution in [0.2, 0.25) is 26.2 Å². The van der Waals surface area contributed by atoms with E-state index in [1.165, 1.54) is 7.11 Å². The maximum absolute atomic E-state index is 11.4. The van der Waals surface area contributed by atoms with E-state index in [0.29, 0.717) is 5.57 Å². The SMILES string of the molecule is C=C(C)C(=O)O[Si](C)(OC)O[Si](C)(C)C. The molecule has 6 heteroatoms. The summed E-state index contributed by atoms with van der Waals surface area (Å²) in [5.41, 5.74) is 0.352. The van der Waals surface area contributed by atoms with Crippen molar-refractivity contribution >= 4 is 23.1 Å². The van der Waals surface area contributed by atoms with Crippen LogP contribution in [-0.2, 0) is 17.8 Å². The fourth-order valence-electron chi connectivity index (χ4n) is 0.916. The van der Waals surface area contributed by atoms with Gasteiger partial charge in [0.25, 0.3) is 0 Å². The van der Waals surface area contributed by atoms with Gasteiger partial charge in [0, 0.05) is 19.2 Å². The summed E-state index contributed by atoms with van der Waals surface area (Å²) >= 11 is 0. The highest BCUT2D eigenvalue weighted by molar-refractivity contribution is 6.80. The number of carbonyl (C=O) groups excluding carboxylic acids is 1. The van der Waals surface area contributed by atoms with Gasteiger partial charge >= 0.3 is 14.8 Å². The molecule has 0 aliphatic rings. The van der Waals surface area contributed by atoms with Gasteiger partial charge < -0.3 is 13.0 Å². The Morgan fingerprint density at radius 3 is 1.93 bits per heavy atom. The van der Waals surface area contributed by atoms with Crippen molar-refractivity contribution in [1.82, 2.24) is 0 Å². The molecule has 0 spiro atoms. The number of hydrogen-bond donors (Lipinski definition) is 0. The minimum absolute atomic E-state index is 0.352. The summed E-state index contributed by atoms with van der Waals surface area (Å²) in [7, 11) is -3.12. The van der Waals surface area contributed by atoms with Crippen LogP contribution in [-0.4, -0.2) is 30.2 Å². The Morgan fingerprint density at radius 2 is 1.67 bits per heavy atom. The first-order valence-electron chi connectivity index (χ1n) is 4.74. The second-order valence-electron chi connectivity index (χ2n) is 4.45. The molecule has 0 rings (SSSR count). The van der Waals surface area contributed by atoms with Crippen LogP contribution in [0.4, 0.5) is 0 Å². The molecular weight excluding hydrogens is 228 g/mol. The van der Waals surface area contributed by atoms with E-state index in [2.05, 4.69) is 6.58 Å². The highest BCUT2D eigenvalue weighted by atomic mass is 28.5. The first-order chi connectivity index (χ1) is 6.59. The molecule has 1 unspecified atom stereocenters. The Hall–Kier alpha value is -0.436. The Bertz CT molecular complexity index is 259. The van der Waals surface area contributed by atoms with Crippen LogP contribution in [0, 0.1) is 0 Å². The van der Waals surface area contributed by atoms with Crippen molar-refractivity contribution < 1.29 is 17.8 Å². The van der Waals surface area contributed by atoms with E-state index in [0.717, 1.165) is 0 Å². The summed E-state index contributed by atoms with van der Waals surface area (Å²) in [6.07, 6.45) is 0. The molecule has 0 amide bonds. The Kier molecular flexibility index (Phi) is 4.92. The van der Waals surface area contributed by atoms with Gasteiger partial charge in [0.2, 0.25) is 0 Å². The molecule has 0 aromatic carbocycles. The van der Waals surface area contributed by atoms with Crippen LogP contribution < -0.4 is 0 Å². The standard InChI is InChI=1S/C9H20O4Si2/c1-8(2)9(10)12-15(7,11-3)13-14(4,5)6/h1H2,2-7H3. The van der Waals surface area contributed by atoms with E-state index in [1.807, 2.05) is 19.6 Å². The number of hydrogen-bond acceptors (Lipinski definition) is 4. The molecule has 0 aliphatic carbocycles. The highest BCUT2D eigenvalue weighted by Crippen LogP contribution is 2.17. The topological polar surface area (TPSA) is 44.8 Å². The van der Waals surface area contributed by atoms with Crippen LogP contribution in [0.25, 0.3) is 0 Å². The third-order valence-corrected chi connectivity index (χ3v) is 6.72. The quantitative estimate of drug-likeness (QED) is 0.552. The largest absolute Gasteiger partial charge is 0.554 e. The van der Waals surface area contributed by atoms with Crippen molar-refractivity contribution in [3.8, 4) is 0 Å². The zero-order chi connectivity index (χ0) is 12.3. The Labute approximate surface area is 93.7 Å². The van der Waals surface area contributed by atoms with E-state index in [1.54, 1.807) is 13.5 Å². The lowest BCUT2D eigenvalue weighted by atomic mass is 10.4. The fraction of sp³-hybridized carbons (Fsp3) is 0.667. The highest BCUT2D eigenvalue weighted by Gasteiger charge is 2.42.